The van der Waals surface area contributed by atoms with E-state index in [4.69, 9.17) is 9.25 Å². The molecule has 1 saturated heterocycles. The summed E-state index contributed by atoms with van der Waals surface area (Å²) in [5.74, 6) is -1.82. The van der Waals surface area contributed by atoms with Crippen LogP contribution in [0.4, 0.5) is 17.6 Å². The molecule has 0 N–H and O–H groups in total. The Morgan fingerprint density at radius 3 is 2.48 bits per heavy atom. The average Bonchev–Trinajstić information content (AvgIpc) is 3.10. The normalized spacial score (nSPS) is 15.4. The Morgan fingerprint density at radius 1 is 1.30 bits per heavy atom. The molecule has 1 aliphatic heterocycles. The number of carbonyl (C=O) groups excluding carboxylic acids is 1. The van der Waals surface area contributed by atoms with Gasteiger partial charge in [0, 0.05) is 19.0 Å². The number of alkyl halides is 3. The molecule has 1 aromatic carbocycles. The van der Waals surface area contributed by atoms with Gasteiger partial charge in [-0.25, -0.2) is 9.37 Å². The van der Waals surface area contributed by atoms with Crippen molar-refractivity contribution in [3.05, 3.63) is 60.6 Å². The van der Waals surface area contributed by atoms with E-state index in [0.29, 0.717) is 5.71 Å². The maximum Gasteiger partial charge on any atom is 0.416 e. The van der Waals surface area contributed by atoms with E-state index in [0.717, 1.165) is 24.3 Å². The molecule has 27 heavy (non-hydrogen) atoms. The van der Waals surface area contributed by atoms with E-state index in [-0.39, 0.29) is 30.5 Å². The lowest BCUT2D eigenvalue weighted by Crippen LogP contribution is -2.53. The molecule has 2 aromatic rings. The van der Waals surface area contributed by atoms with Crippen LogP contribution >= 0.6 is 0 Å². The summed E-state index contributed by atoms with van der Waals surface area (Å²) < 4.78 is 55.8. The van der Waals surface area contributed by atoms with Gasteiger partial charge in [-0.3, -0.25) is 4.79 Å². The third-order valence-electron chi connectivity index (χ3n) is 3.90. The molecular formula is C17H13F4N3O3. The number of carbonyl (C=O) groups is 1. The van der Waals surface area contributed by atoms with Crippen LogP contribution in [0.15, 0.2) is 58.8 Å². The number of oxazole rings is 1. The summed E-state index contributed by atoms with van der Waals surface area (Å²) in [6.07, 6.45) is -1.89. The molecule has 0 unspecified atom stereocenters. The van der Waals surface area contributed by atoms with Crippen LogP contribution in [0.2, 0.25) is 0 Å². The number of aromatic nitrogens is 1. The number of nitrogens with zero attached hydrogens (tertiary/aromatic N) is 3. The van der Waals surface area contributed by atoms with Crippen molar-refractivity contribution >= 4 is 11.6 Å². The minimum Gasteiger partial charge on any atom is -0.442 e. The fourth-order valence-corrected chi connectivity index (χ4v) is 2.46. The molecule has 3 rings (SSSR count). The lowest BCUT2D eigenvalue weighted by atomic mass is 9.93. The first kappa shape index (κ1) is 18.6. The minimum atomic E-state index is -4.45. The summed E-state index contributed by atoms with van der Waals surface area (Å²) >= 11 is 0. The van der Waals surface area contributed by atoms with Gasteiger partial charge in [0.15, 0.2) is 23.7 Å². The molecule has 1 fully saturated rings. The van der Waals surface area contributed by atoms with E-state index >= 15 is 0 Å². The maximum atomic E-state index is 12.9. The van der Waals surface area contributed by atoms with Gasteiger partial charge in [-0.05, 0) is 24.3 Å². The van der Waals surface area contributed by atoms with Crippen LogP contribution in [0.5, 0.6) is 5.75 Å². The topological polar surface area (TPSA) is 67.9 Å². The second-order valence-electron chi connectivity index (χ2n) is 5.77. The lowest BCUT2D eigenvalue weighted by Gasteiger charge is -2.38. The Balaban J connectivity index is 1.73. The zero-order valence-electron chi connectivity index (χ0n) is 13.7. The van der Waals surface area contributed by atoms with Crippen LogP contribution in [0.3, 0.4) is 0 Å². The predicted molar refractivity (Wildman–Crippen MR) is 85.4 cm³/mol. The van der Waals surface area contributed by atoms with Crippen molar-refractivity contribution in [2.75, 3.05) is 13.1 Å². The molecular weight excluding hydrogens is 370 g/mol. The molecule has 10 heteroatoms. The first-order valence-corrected chi connectivity index (χ1v) is 7.70. The SMILES string of the molecule is C=C(F)C(=O)N1CC(C(=NOc2ccc(C(F)(F)F)cc2)c2cnco2)C1. The molecule has 0 aliphatic carbocycles. The molecule has 0 radical (unpaired) electrons. The smallest absolute Gasteiger partial charge is 0.416 e. The molecule has 142 valence electrons. The van der Waals surface area contributed by atoms with Gasteiger partial charge < -0.3 is 14.2 Å². The van der Waals surface area contributed by atoms with Crippen LogP contribution in [0, 0.1) is 5.92 Å². The summed E-state index contributed by atoms with van der Waals surface area (Å²) in [7, 11) is 0. The van der Waals surface area contributed by atoms with Gasteiger partial charge >= 0.3 is 6.18 Å². The summed E-state index contributed by atoms with van der Waals surface area (Å²) in [6, 6.07) is 4.01. The Bertz CT molecular complexity index is 855. The van der Waals surface area contributed by atoms with E-state index in [1.165, 1.54) is 17.5 Å². The van der Waals surface area contributed by atoms with Crippen LogP contribution in [0.1, 0.15) is 11.3 Å². The quantitative estimate of drug-likeness (QED) is 0.343. The first-order valence-electron chi connectivity index (χ1n) is 7.70. The number of rotatable bonds is 5. The van der Waals surface area contributed by atoms with Gasteiger partial charge in [0.05, 0.1) is 11.8 Å². The third-order valence-corrected chi connectivity index (χ3v) is 3.90. The Kier molecular flexibility index (Phi) is 4.98. The fraction of sp³-hybridized carbons (Fsp3) is 0.235. The second-order valence-corrected chi connectivity index (χ2v) is 5.77. The van der Waals surface area contributed by atoms with E-state index < -0.39 is 23.5 Å². The standard InChI is InChI=1S/C17H13F4N3O3/c1-10(18)16(25)24-7-11(8-24)15(14-6-22-9-26-14)23-27-13-4-2-12(3-5-13)17(19,20)21/h2-6,9,11H,1,7-8H2. The maximum absolute atomic E-state index is 12.9. The number of likely N-dealkylation sites (tertiary alicyclic amines) is 1. The fourth-order valence-electron chi connectivity index (χ4n) is 2.46. The van der Waals surface area contributed by atoms with Gasteiger partial charge in [-0.1, -0.05) is 11.7 Å². The van der Waals surface area contributed by atoms with Crippen LogP contribution in [-0.4, -0.2) is 34.6 Å². The predicted octanol–water partition coefficient (Wildman–Crippen LogP) is 3.42. The number of oxime groups is 1. The summed E-state index contributed by atoms with van der Waals surface area (Å²) in [6.45, 7) is 3.29. The number of benzene rings is 1. The van der Waals surface area contributed by atoms with E-state index in [1.54, 1.807) is 0 Å². The highest BCUT2D eigenvalue weighted by molar-refractivity contribution is 6.02. The van der Waals surface area contributed by atoms with Gasteiger partial charge in [0.25, 0.3) is 5.91 Å². The van der Waals surface area contributed by atoms with Gasteiger partial charge in [0.2, 0.25) is 0 Å². The first-order chi connectivity index (χ1) is 12.8. The molecule has 6 nitrogen and oxygen atoms in total. The Morgan fingerprint density at radius 2 is 1.96 bits per heavy atom. The van der Waals surface area contributed by atoms with Crippen molar-refractivity contribution in [2.45, 2.75) is 6.18 Å². The van der Waals surface area contributed by atoms with Gasteiger partial charge in [-0.15, -0.1) is 0 Å². The van der Waals surface area contributed by atoms with Crippen molar-refractivity contribution in [3.63, 3.8) is 0 Å². The number of hydrogen-bond acceptors (Lipinski definition) is 5. The summed E-state index contributed by atoms with van der Waals surface area (Å²) in [5, 5.41) is 3.94. The van der Waals surface area contributed by atoms with Gasteiger partial charge in [-0.2, -0.15) is 13.2 Å². The van der Waals surface area contributed by atoms with E-state index in [9.17, 15) is 22.4 Å². The van der Waals surface area contributed by atoms with Crippen molar-refractivity contribution in [2.24, 2.45) is 11.1 Å². The molecule has 1 amide bonds. The molecule has 0 spiro atoms. The zero-order chi connectivity index (χ0) is 19.6. The number of hydrogen-bond donors (Lipinski definition) is 0. The molecule has 1 aliphatic rings. The molecule has 1 aromatic heterocycles. The van der Waals surface area contributed by atoms with E-state index in [1.807, 2.05) is 0 Å². The third kappa shape index (κ3) is 4.15. The Labute approximate surface area is 150 Å². The van der Waals surface area contributed by atoms with Crippen LogP contribution in [0.25, 0.3) is 0 Å². The van der Waals surface area contributed by atoms with Crippen LogP contribution < -0.4 is 4.84 Å². The largest absolute Gasteiger partial charge is 0.442 e. The molecule has 0 atom stereocenters. The second kappa shape index (κ2) is 7.22. The number of halogens is 4. The highest BCUT2D eigenvalue weighted by atomic mass is 19.4. The van der Waals surface area contributed by atoms with E-state index in [2.05, 4.69) is 16.7 Å². The van der Waals surface area contributed by atoms with Crippen molar-refractivity contribution in [1.29, 1.82) is 0 Å². The summed E-state index contributed by atoms with van der Waals surface area (Å²) in [4.78, 5) is 21.7. The van der Waals surface area contributed by atoms with Crippen molar-refractivity contribution < 1.29 is 31.6 Å². The Hall–Kier alpha value is -3.17. The zero-order valence-corrected chi connectivity index (χ0v) is 13.7. The van der Waals surface area contributed by atoms with Gasteiger partial charge in [0.1, 0.15) is 5.71 Å². The highest BCUT2D eigenvalue weighted by Crippen LogP contribution is 2.30. The molecule has 0 bridgehead atoms. The van der Waals surface area contributed by atoms with Crippen molar-refractivity contribution in [1.82, 2.24) is 9.88 Å². The van der Waals surface area contributed by atoms with Crippen molar-refractivity contribution in [3.8, 4) is 5.75 Å². The van der Waals surface area contributed by atoms with Crippen LogP contribution in [-0.2, 0) is 11.0 Å². The monoisotopic (exact) mass is 383 g/mol. The molecule has 0 saturated carbocycles. The average molecular weight is 383 g/mol. The lowest BCUT2D eigenvalue weighted by molar-refractivity contribution is -0.137. The summed E-state index contributed by atoms with van der Waals surface area (Å²) in [5.41, 5.74) is -0.505. The highest BCUT2D eigenvalue weighted by Gasteiger charge is 2.37. The number of amides is 1. The molecule has 2 heterocycles. The minimum absolute atomic E-state index is 0.0874.